The van der Waals surface area contributed by atoms with Crippen molar-refractivity contribution in [3.8, 4) is 0 Å². The van der Waals surface area contributed by atoms with E-state index in [2.05, 4.69) is 45.1 Å². The van der Waals surface area contributed by atoms with Crippen molar-refractivity contribution >= 4 is 48.1 Å². The summed E-state index contributed by atoms with van der Waals surface area (Å²) < 4.78 is 0. The Hall–Kier alpha value is -1.30. The Balaban J connectivity index is 4.09. The van der Waals surface area contributed by atoms with Crippen LogP contribution in [0.4, 0.5) is 4.79 Å². The lowest BCUT2D eigenvalue weighted by atomic mass is 10.1. The molecule has 0 aliphatic heterocycles. The second-order valence-electron chi connectivity index (χ2n) is 9.03. The zero-order valence-electron chi connectivity index (χ0n) is 23.1. The van der Waals surface area contributed by atoms with Gasteiger partial charge in [0.1, 0.15) is 6.04 Å². The van der Waals surface area contributed by atoms with Gasteiger partial charge in [-0.2, -0.15) is 23.5 Å². The summed E-state index contributed by atoms with van der Waals surface area (Å²) in [5.41, 5.74) is 0. The molecule has 216 valence electrons. The van der Waals surface area contributed by atoms with Crippen molar-refractivity contribution in [2.24, 2.45) is 4.99 Å². The number of nitrogens with one attached hydrogen (secondary N) is 3. The maximum absolute atomic E-state index is 12.9. The molecule has 0 aliphatic carbocycles. The van der Waals surface area contributed by atoms with Crippen molar-refractivity contribution in [2.45, 2.75) is 76.7 Å². The molecule has 0 fully saturated rings. The molecule has 0 aromatic heterocycles. The first-order valence-electron chi connectivity index (χ1n) is 13.6. The maximum Gasteiger partial charge on any atom is 0.315 e. The number of aliphatic hydroxyl groups excluding tert-OH is 1. The zero-order chi connectivity index (χ0) is 27.6. The van der Waals surface area contributed by atoms with Crippen LogP contribution in [0.15, 0.2) is 4.99 Å². The smallest absolute Gasteiger partial charge is 0.315 e. The highest BCUT2D eigenvalue weighted by atomic mass is 32.2. The SMILES string of the molecule is C=NC(=O)[C@H](CO)NC(=O)NCCNCCCCC(=O)N(CCCCCCSC)CCCCCCSC. The number of urea groups is 1. The largest absolute Gasteiger partial charge is 0.394 e. The lowest BCUT2D eigenvalue weighted by molar-refractivity contribution is -0.131. The number of hydrogen-bond acceptors (Lipinski definition) is 7. The highest BCUT2D eigenvalue weighted by Crippen LogP contribution is 2.10. The van der Waals surface area contributed by atoms with E-state index in [1.807, 2.05) is 23.5 Å². The first kappa shape index (κ1) is 35.7. The summed E-state index contributed by atoms with van der Waals surface area (Å²) in [6.45, 7) is 6.03. The van der Waals surface area contributed by atoms with E-state index in [1.165, 1.54) is 50.0 Å². The van der Waals surface area contributed by atoms with Crippen LogP contribution in [0.3, 0.4) is 0 Å². The van der Waals surface area contributed by atoms with Gasteiger partial charge in [-0.3, -0.25) is 9.59 Å². The van der Waals surface area contributed by atoms with Gasteiger partial charge in [-0.1, -0.05) is 25.7 Å². The number of aliphatic hydroxyl groups is 1. The third kappa shape index (κ3) is 21.3. The lowest BCUT2D eigenvalue weighted by Gasteiger charge is -2.23. The van der Waals surface area contributed by atoms with Gasteiger partial charge in [0.05, 0.1) is 6.61 Å². The van der Waals surface area contributed by atoms with Crippen LogP contribution in [0.25, 0.3) is 0 Å². The van der Waals surface area contributed by atoms with E-state index in [-0.39, 0.29) is 5.91 Å². The van der Waals surface area contributed by atoms with Gasteiger partial charge in [-0.05, 0) is 75.8 Å². The molecule has 0 radical (unpaired) electrons. The molecule has 37 heavy (non-hydrogen) atoms. The molecule has 0 bridgehead atoms. The molecule has 0 saturated heterocycles. The molecule has 0 aromatic carbocycles. The van der Waals surface area contributed by atoms with Gasteiger partial charge in [-0.15, -0.1) is 0 Å². The summed E-state index contributed by atoms with van der Waals surface area (Å²) in [7, 11) is 0. The topological polar surface area (TPSA) is 123 Å². The molecule has 9 nitrogen and oxygen atoms in total. The van der Waals surface area contributed by atoms with Crippen molar-refractivity contribution in [1.82, 2.24) is 20.9 Å². The third-order valence-electron chi connectivity index (χ3n) is 5.93. The van der Waals surface area contributed by atoms with Gasteiger partial charge in [0.15, 0.2) is 0 Å². The van der Waals surface area contributed by atoms with Gasteiger partial charge in [0.25, 0.3) is 5.91 Å². The lowest BCUT2D eigenvalue weighted by Crippen LogP contribution is -2.48. The van der Waals surface area contributed by atoms with E-state index < -0.39 is 24.6 Å². The van der Waals surface area contributed by atoms with Crippen LogP contribution < -0.4 is 16.0 Å². The van der Waals surface area contributed by atoms with Gasteiger partial charge < -0.3 is 26.0 Å². The highest BCUT2D eigenvalue weighted by molar-refractivity contribution is 7.98. The van der Waals surface area contributed by atoms with Gasteiger partial charge in [0.2, 0.25) is 5.91 Å². The van der Waals surface area contributed by atoms with Gasteiger partial charge >= 0.3 is 6.03 Å². The second kappa shape index (κ2) is 26.3. The molecule has 0 aromatic rings. The van der Waals surface area contributed by atoms with Gasteiger partial charge in [0, 0.05) is 32.6 Å². The standard InChI is InChI=1S/C26H51N5O4S2/c1-27-25(34)23(22-32)30-26(35)29-17-16-28-15-9-8-14-24(33)31(18-10-4-6-12-20-36-2)19-11-5-7-13-21-37-3/h23,28,32H,1,4-22H2,2-3H3,(H2,29,30,35)/t23-/m0/s1. The minimum absolute atomic E-state index is 0.272. The quantitative estimate of drug-likeness (QED) is 0.0996. The Morgan fingerprint density at radius 2 is 1.43 bits per heavy atom. The van der Waals surface area contributed by atoms with Crippen LogP contribution in [0.1, 0.15) is 70.6 Å². The number of thioether (sulfide) groups is 2. The Kier molecular flexibility index (Phi) is 25.4. The molecule has 0 unspecified atom stereocenters. The van der Waals surface area contributed by atoms with Crippen LogP contribution in [0, 0.1) is 0 Å². The van der Waals surface area contributed by atoms with Crippen molar-refractivity contribution in [1.29, 1.82) is 0 Å². The minimum Gasteiger partial charge on any atom is -0.394 e. The fourth-order valence-corrected chi connectivity index (χ4v) is 4.73. The average Bonchev–Trinajstić information content (AvgIpc) is 2.90. The monoisotopic (exact) mass is 561 g/mol. The summed E-state index contributed by atoms with van der Waals surface area (Å²) in [5.74, 6) is 2.03. The Morgan fingerprint density at radius 1 is 0.838 bits per heavy atom. The van der Waals surface area contributed by atoms with Crippen molar-refractivity contribution in [3.05, 3.63) is 0 Å². The van der Waals surface area contributed by atoms with Crippen LogP contribution >= 0.6 is 23.5 Å². The number of nitrogens with zero attached hydrogens (tertiary/aromatic N) is 2. The van der Waals surface area contributed by atoms with Crippen LogP contribution in [-0.4, -0.2) is 104 Å². The average molecular weight is 562 g/mol. The number of carbonyl (C=O) groups excluding carboxylic acids is 3. The molecule has 0 aliphatic rings. The summed E-state index contributed by atoms with van der Waals surface area (Å²) in [6, 6.07) is -1.63. The van der Waals surface area contributed by atoms with Gasteiger partial charge in [-0.25, -0.2) is 9.79 Å². The van der Waals surface area contributed by atoms with E-state index >= 15 is 0 Å². The molecule has 0 saturated carbocycles. The van der Waals surface area contributed by atoms with Crippen LogP contribution in [-0.2, 0) is 9.59 Å². The summed E-state index contributed by atoms with van der Waals surface area (Å²) >= 11 is 3.79. The maximum atomic E-state index is 12.9. The van der Waals surface area contributed by atoms with E-state index in [9.17, 15) is 14.4 Å². The van der Waals surface area contributed by atoms with E-state index in [0.29, 0.717) is 19.5 Å². The van der Waals surface area contributed by atoms with Crippen LogP contribution in [0.2, 0.25) is 0 Å². The fourth-order valence-electron chi connectivity index (χ4n) is 3.75. The molecule has 0 rings (SSSR count). The normalized spacial score (nSPS) is 11.6. The number of carbonyl (C=O) groups is 3. The number of rotatable bonds is 25. The molecular formula is C26H51N5O4S2. The molecule has 11 heteroatoms. The minimum atomic E-state index is -1.08. The van der Waals surface area contributed by atoms with Crippen LogP contribution in [0.5, 0.6) is 0 Å². The Bertz CT molecular complexity index is 598. The molecular weight excluding hydrogens is 510 g/mol. The summed E-state index contributed by atoms with van der Waals surface area (Å²) in [6.07, 6.45) is 16.2. The van der Waals surface area contributed by atoms with E-state index in [1.54, 1.807) is 0 Å². The second-order valence-corrected chi connectivity index (χ2v) is 11.0. The number of unbranched alkanes of at least 4 members (excludes halogenated alkanes) is 7. The summed E-state index contributed by atoms with van der Waals surface area (Å²) in [5, 5.41) is 17.3. The molecule has 4 N–H and O–H groups in total. The predicted molar refractivity (Wildman–Crippen MR) is 159 cm³/mol. The Labute approximate surface area is 233 Å². The van der Waals surface area contributed by atoms with E-state index in [4.69, 9.17) is 5.11 Å². The molecule has 1 atom stereocenters. The third-order valence-corrected chi connectivity index (χ3v) is 7.32. The predicted octanol–water partition coefficient (Wildman–Crippen LogP) is 3.31. The number of aliphatic imine (C=N–C) groups is 1. The highest BCUT2D eigenvalue weighted by Gasteiger charge is 2.18. The molecule has 4 amide bonds. The number of amides is 4. The molecule has 0 spiro atoms. The first-order valence-corrected chi connectivity index (χ1v) is 16.4. The van der Waals surface area contributed by atoms with Crippen molar-refractivity contribution in [2.75, 3.05) is 63.3 Å². The zero-order valence-corrected chi connectivity index (χ0v) is 24.7. The number of hydrogen-bond donors (Lipinski definition) is 4. The first-order chi connectivity index (χ1) is 18.0. The van der Waals surface area contributed by atoms with E-state index in [0.717, 1.165) is 45.3 Å². The van der Waals surface area contributed by atoms with Crippen molar-refractivity contribution in [3.63, 3.8) is 0 Å². The fraction of sp³-hybridized carbons (Fsp3) is 0.846. The molecule has 0 heterocycles. The van der Waals surface area contributed by atoms with Crippen molar-refractivity contribution < 1.29 is 19.5 Å². The Morgan fingerprint density at radius 3 is 1.97 bits per heavy atom. The summed E-state index contributed by atoms with van der Waals surface area (Å²) in [4.78, 5) is 41.3.